The Bertz CT molecular complexity index is 837. The number of carbonyl (C=O) groups is 2. The Labute approximate surface area is 137 Å². The number of rotatable bonds is 4. The molecule has 0 spiro atoms. The second kappa shape index (κ2) is 6.45. The quantitative estimate of drug-likeness (QED) is 0.663. The molecule has 1 heterocycles. The Morgan fingerprint density at radius 3 is 2.50 bits per heavy atom. The van der Waals surface area contributed by atoms with Crippen molar-refractivity contribution in [3.8, 4) is 17.2 Å². The van der Waals surface area contributed by atoms with Crippen molar-refractivity contribution in [1.29, 1.82) is 0 Å². The molecule has 0 aliphatic carbocycles. The molecule has 2 aromatic carbocycles. The Hall–Kier alpha value is -3.28. The molecule has 0 saturated heterocycles. The van der Waals surface area contributed by atoms with Gasteiger partial charge in [-0.2, -0.15) is 0 Å². The van der Waals surface area contributed by atoms with E-state index in [0.29, 0.717) is 24.7 Å². The minimum absolute atomic E-state index is 0.0659. The monoisotopic (exact) mass is 326 g/mol. The topological polar surface area (TPSA) is 93.1 Å². The maximum absolute atomic E-state index is 12.2. The summed E-state index contributed by atoms with van der Waals surface area (Å²) in [6.45, 7) is 0.967. The maximum Gasteiger partial charge on any atom is 0.335 e. The van der Waals surface area contributed by atoms with E-state index in [2.05, 4.69) is 0 Å². The van der Waals surface area contributed by atoms with Crippen molar-refractivity contribution in [2.24, 2.45) is 0 Å². The lowest BCUT2D eigenvalue weighted by Gasteiger charge is -2.18. The van der Waals surface area contributed by atoms with E-state index in [-0.39, 0.29) is 16.9 Å². The summed E-state index contributed by atoms with van der Waals surface area (Å²) in [6.07, 6.45) is 2.83. The number of benzene rings is 2. The molecule has 0 bridgehead atoms. The highest BCUT2D eigenvalue weighted by molar-refractivity contribution is 6.09. The molecule has 2 N–H and O–H groups in total. The third-order valence-corrected chi connectivity index (χ3v) is 3.50. The normalized spacial score (nSPS) is 13.0. The number of aromatic hydroxyl groups is 1. The van der Waals surface area contributed by atoms with Gasteiger partial charge >= 0.3 is 5.97 Å². The van der Waals surface area contributed by atoms with Crippen LogP contribution in [0.15, 0.2) is 42.5 Å². The molecule has 2 aromatic rings. The van der Waals surface area contributed by atoms with E-state index in [1.807, 2.05) is 0 Å². The van der Waals surface area contributed by atoms with Crippen LogP contribution in [0.5, 0.6) is 17.2 Å². The van der Waals surface area contributed by atoms with Crippen molar-refractivity contribution >= 4 is 17.8 Å². The lowest BCUT2D eigenvalue weighted by Crippen LogP contribution is -2.15. The van der Waals surface area contributed by atoms with Gasteiger partial charge in [0, 0.05) is 0 Å². The van der Waals surface area contributed by atoms with Crippen LogP contribution in [0.2, 0.25) is 0 Å². The first-order valence-electron chi connectivity index (χ1n) is 7.23. The number of phenolic OH excluding ortho intramolecular Hbond substituents is 1. The molecule has 24 heavy (non-hydrogen) atoms. The third-order valence-electron chi connectivity index (χ3n) is 3.50. The van der Waals surface area contributed by atoms with E-state index in [1.165, 1.54) is 18.2 Å². The van der Waals surface area contributed by atoms with E-state index in [4.69, 9.17) is 14.6 Å². The third kappa shape index (κ3) is 3.22. The molecule has 1 aliphatic heterocycles. The standard InChI is InChI=1S/C18H14O6/c19-14(13-10-12(18(21)22)3-5-15(13)20)4-1-11-2-6-16-17(9-11)24-8-7-23-16/h1-6,9-10,20H,7-8H2,(H,21,22)/b4-1+. The number of hydrogen-bond donors (Lipinski definition) is 2. The van der Waals surface area contributed by atoms with E-state index in [0.717, 1.165) is 11.6 Å². The van der Waals surface area contributed by atoms with Crippen LogP contribution in [0.1, 0.15) is 26.3 Å². The van der Waals surface area contributed by atoms with Crippen molar-refractivity contribution < 1.29 is 29.3 Å². The number of allylic oxidation sites excluding steroid dienone is 1. The number of aromatic carboxylic acids is 1. The Kier molecular flexibility index (Phi) is 4.20. The molecule has 0 saturated carbocycles. The van der Waals surface area contributed by atoms with Crippen molar-refractivity contribution in [3.63, 3.8) is 0 Å². The Morgan fingerprint density at radius 1 is 1.00 bits per heavy atom. The fourth-order valence-corrected chi connectivity index (χ4v) is 2.29. The molecule has 122 valence electrons. The minimum Gasteiger partial charge on any atom is -0.507 e. The highest BCUT2D eigenvalue weighted by Crippen LogP contribution is 2.31. The molecule has 0 aromatic heterocycles. The van der Waals surface area contributed by atoms with Gasteiger partial charge < -0.3 is 19.7 Å². The zero-order valence-corrected chi connectivity index (χ0v) is 12.6. The van der Waals surface area contributed by atoms with E-state index in [1.54, 1.807) is 24.3 Å². The average Bonchev–Trinajstić information content (AvgIpc) is 2.59. The fraction of sp³-hybridized carbons (Fsp3) is 0.111. The second-order valence-corrected chi connectivity index (χ2v) is 5.14. The molecule has 0 unspecified atom stereocenters. The largest absolute Gasteiger partial charge is 0.507 e. The molecule has 6 nitrogen and oxygen atoms in total. The second-order valence-electron chi connectivity index (χ2n) is 5.14. The van der Waals surface area contributed by atoms with Crippen LogP contribution in [0, 0.1) is 0 Å². The van der Waals surface area contributed by atoms with Crippen LogP contribution < -0.4 is 9.47 Å². The van der Waals surface area contributed by atoms with Gasteiger partial charge in [-0.25, -0.2) is 4.79 Å². The van der Waals surface area contributed by atoms with Crippen LogP contribution in [0.25, 0.3) is 6.08 Å². The molecule has 0 atom stereocenters. The van der Waals surface area contributed by atoms with E-state index < -0.39 is 11.8 Å². The molecular weight excluding hydrogens is 312 g/mol. The summed E-state index contributed by atoms with van der Waals surface area (Å²) in [5.74, 6) is -0.676. The number of ether oxygens (including phenoxy) is 2. The molecule has 1 aliphatic rings. The van der Waals surface area contributed by atoms with Gasteiger partial charge in [0.05, 0.1) is 11.1 Å². The Balaban J connectivity index is 1.83. The first kappa shape index (κ1) is 15.6. The van der Waals surface area contributed by atoms with Gasteiger partial charge in [-0.05, 0) is 42.0 Å². The summed E-state index contributed by atoms with van der Waals surface area (Å²) >= 11 is 0. The predicted octanol–water partition coefficient (Wildman–Crippen LogP) is 2.76. The summed E-state index contributed by atoms with van der Waals surface area (Å²) in [6, 6.07) is 8.83. The van der Waals surface area contributed by atoms with Gasteiger partial charge in [0.2, 0.25) is 0 Å². The summed E-state index contributed by atoms with van der Waals surface area (Å²) in [7, 11) is 0. The van der Waals surface area contributed by atoms with Gasteiger partial charge in [0.1, 0.15) is 19.0 Å². The number of fused-ring (bicyclic) bond motifs is 1. The van der Waals surface area contributed by atoms with Crippen LogP contribution in [-0.4, -0.2) is 35.2 Å². The molecule has 0 amide bonds. The minimum atomic E-state index is -1.17. The number of phenols is 1. The van der Waals surface area contributed by atoms with Crippen molar-refractivity contribution in [2.45, 2.75) is 0 Å². The van der Waals surface area contributed by atoms with Gasteiger partial charge in [-0.3, -0.25) is 4.79 Å². The van der Waals surface area contributed by atoms with Crippen LogP contribution >= 0.6 is 0 Å². The molecule has 6 heteroatoms. The average molecular weight is 326 g/mol. The summed E-state index contributed by atoms with van der Waals surface area (Å²) in [5, 5.41) is 18.7. The first-order chi connectivity index (χ1) is 11.5. The van der Waals surface area contributed by atoms with Crippen molar-refractivity contribution in [2.75, 3.05) is 13.2 Å². The summed E-state index contributed by atoms with van der Waals surface area (Å²) in [5.41, 5.74) is 0.592. The number of hydrogen-bond acceptors (Lipinski definition) is 5. The van der Waals surface area contributed by atoms with Crippen LogP contribution in [-0.2, 0) is 0 Å². The van der Waals surface area contributed by atoms with Gasteiger partial charge in [-0.15, -0.1) is 0 Å². The highest BCUT2D eigenvalue weighted by atomic mass is 16.6. The van der Waals surface area contributed by atoms with E-state index in [9.17, 15) is 14.7 Å². The van der Waals surface area contributed by atoms with Crippen molar-refractivity contribution in [1.82, 2.24) is 0 Å². The number of ketones is 1. The molecular formula is C18H14O6. The maximum atomic E-state index is 12.2. The first-order valence-corrected chi connectivity index (χ1v) is 7.23. The summed E-state index contributed by atoms with van der Waals surface area (Å²) in [4.78, 5) is 23.2. The summed E-state index contributed by atoms with van der Waals surface area (Å²) < 4.78 is 10.9. The van der Waals surface area contributed by atoms with Gasteiger partial charge in [0.25, 0.3) is 0 Å². The molecule has 0 fully saturated rings. The number of carbonyl (C=O) groups excluding carboxylic acids is 1. The lowest BCUT2D eigenvalue weighted by molar-refractivity contribution is 0.0697. The highest BCUT2D eigenvalue weighted by Gasteiger charge is 2.13. The van der Waals surface area contributed by atoms with Gasteiger partial charge in [0.15, 0.2) is 17.3 Å². The number of carboxylic acids is 1. The zero-order chi connectivity index (χ0) is 17.1. The van der Waals surface area contributed by atoms with E-state index >= 15 is 0 Å². The van der Waals surface area contributed by atoms with Gasteiger partial charge in [-0.1, -0.05) is 12.1 Å². The smallest absolute Gasteiger partial charge is 0.335 e. The molecule has 0 radical (unpaired) electrons. The number of carboxylic acid groups (broad SMARTS) is 1. The molecule has 3 rings (SSSR count). The SMILES string of the molecule is O=C(O)c1ccc(O)c(C(=O)/C=C/c2ccc3c(c2)OCCO3)c1. The Morgan fingerprint density at radius 2 is 1.75 bits per heavy atom. The van der Waals surface area contributed by atoms with Crippen molar-refractivity contribution in [3.05, 3.63) is 59.2 Å². The van der Waals surface area contributed by atoms with Crippen LogP contribution in [0.4, 0.5) is 0 Å². The predicted molar refractivity (Wildman–Crippen MR) is 85.9 cm³/mol. The van der Waals surface area contributed by atoms with Crippen LogP contribution in [0.3, 0.4) is 0 Å². The zero-order valence-electron chi connectivity index (χ0n) is 12.6. The lowest BCUT2D eigenvalue weighted by atomic mass is 10.0. The fourth-order valence-electron chi connectivity index (χ4n) is 2.29.